The Morgan fingerprint density at radius 2 is 2.00 bits per heavy atom. The molecular formula is C9H16N4O5. The molecule has 0 spiro atoms. The van der Waals surface area contributed by atoms with Crippen LogP contribution in [0.4, 0.5) is 0 Å². The number of nitrogens with two attached hydrogens (primary N) is 2. The van der Waals surface area contributed by atoms with Crippen LogP contribution in [0.5, 0.6) is 0 Å². The number of carbonyl (C=O) groups is 1. The standard InChI is InChI=1S/C9H16N4O5/c10-1-3(5(11)8(12)17)13-9-7(16)6(15)4(2-14)18-9/h1,4,6-7,9-10,13-16H,2,11H2,(H2,12,17)/b5-3-,10-1?. The summed E-state index contributed by atoms with van der Waals surface area (Å²) in [5, 5.41) is 37.5. The zero-order valence-corrected chi connectivity index (χ0v) is 9.41. The Balaban J connectivity index is 2.82. The molecule has 0 aromatic rings. The molecule has 0 saturated carbocycles. The third-order valence-electron chi connectivity index (χ3n) is 2.54. The van der Waals surface area contributed by atoms with Crippen molar-refractivity contribution < 1.29 is 24.9 Å². The highest BCUT2D eigenvalue weighted by atomic mass is 16.6. The van der Waals surface area contributed by atoms with Crippen LogP contribution in [0.2, 0.25) is 0 Å². The zero-order valence-electron chi connectivity index (χ0n) is 9.41. The number of rotatable bonds is 5. The normalized spacial score (nSPS) is 32.8. The van der Waals surface area contributed by atoms with Gasteiger partial charge >= 0.3 is 0 Å². The number of allylic oxidation sites excluding steroid dienone is 1. The van der Waals surface area contributed by atoms with E-state index in [1.165, 1.54) is 0 Å². The lowest BCUT2D eigenvalue weighted by molar-refractivity contribution is -0.114. The summed E-state index contributed by atoms with van der Waals surface area (Å²) >= 11 is 0. The molecule has 9 heteroatoms. The van der Waals surface area contributed by atoms with Crippen LogP contribution in [0.3, 0.4) is 0 Å². The first-order valence-corrected chi connectivity index (χ1v) is 5.11. The van der Waals surface area contributed by atoms with Gasteiger partial charge in [-0.2, -0.15) is 0 Å². The molecule has 0 aliphatic carbocycles. The van der Waals surface area contributed by atoms with Crippen LogP contribution in [0.25, 0.3) is 0 Å². The molecule has 9 nitrogen and oxygen atoms in total. The van der Waals surface area contributed by atoms with Gasteiger partial charge in [0.05, 0.1) is 12.3 Å². The highest BCUT2D eigenvalue weighted by molar-refractivity contribution is 5.97. The van der Waals surface area contributed by atoms with Crippen LogP contribution in [-0.2, 0) is 9.53 Å². The van der Waals surface area contributed by atoms with Crippen molar-refractivity contribution in [1.82, 2.24) is 5.32 Å². The van der Waals surface area contributed by atoms with E-state index in [-0.39, 0.29) is 5.70 Å². The second kappa shape index (κ2) is 5.78. The van der Waals surface area contributed by atoms with Gasteiger partial charge < -0.3 is 42.2 Å². The van der Waals surface area contributed by atoms with Gasteiger partial charge in [0.1, 0.15) is 24.0 Å². The van der Waals surface area contributed by atoms with Gasteiger partial charge in [-0.05, 0) is 0 Å². The largest absolute Gasteiger partial charge is 0.394 e. The SMILES string of the molecule is N=C/C(NC1OC(CO)C(O)C1O)=C(/N)C(N)=O. The number of carbonyl (C=O) groups excluding carboxylic acids is 1. The summed E-state index contributed by atoms with van der Waals surface area (Å²) < 4.78 is 5.09. The fraction of sp³-hybridized carbons (Fsp3) is 0.556. The molecule has 1 heterocycles. The number of aliphatic hydroxyl groups excluding tert-OH is 3. The van der Waals surface area contributed by atoms with Gasteiger partial charge in [0.2, 0.25) is 0 Å². The van der Waals surface area contributed by atoms with Crippen molar-refractivity contribution in [2.45, 2.75) is 24.5 Å². The summed E-state index contributed by atoms with van der Waals surface area (Å²) in [6, 6.07) is 0. The molecule has 102 valence electrons. The van der Waals surface area contributed by atoms with E-state index in [9.17, 15) is 15.0 Å². The first-order valence-electron chi connectivity index (χ1n) is 5.11. The van der Waals surface area contributed by atoms with Crippen molar-refractivity contribution in [3.8, 4) is 0 Å². The Morgan fingerprint density at radius 1 is 1.39 bits per heavy atom. The Labute approximate surface area is 103 Å². The molecule has 0 bridgehead atoms. The van der Waals surface area contributed by atoms with E-state index in [4.69, 9.17) is 26.7 Å². The molecule has 0 radical (unpaired) electrons. The van der Waals surface area contributed by atoms with Gasteiger partial charge in [-0.15, -0.1) is 0 Å². The highest BCUT2D eigenvalue weighted by Crippen LogP contribution is 2.20. The fourth-order valence-electron chi connectivity index (χ4n) is 1.50. The van der Waals surface area contributed by atoms with E-state index in [2.05, 4.69) is 5.32 Å². The minimum absolute atomic E-state index is 0.141. The average molecular weight is 260 g/mol. The van der Waals surface area contributed by atoms with E-state index in [0.29, 0.717) is 0 Å². The number of amides is 1. The molecule has 1 aliphatic rings. The quantitative estimate of drug-likeness (QED) is 0.197. The van der Waals surface area contributed by atoms with Gasteiger partial charge in [-0.1, -0.05) is 0 Å². The number of primary amides is 1. The van der Waals surface area contributed by atoms with Crippen molar-refractivity contribution in [2.75, 3.05) is 6.61 Å². The second-order valence-electron chi connectivity index (χ2n) is 3.74. The molecular weight excluding hydrogens is 244 g/mol. The van der Waals surface area contributed by atoms with Crippen LogP contribution in [0.15, 0.2) is 11.4 Å². The third kappa shape index (κ3) is 2.76. The van der Waals surface area contributed by atoms with Crippen molar-refractivity contribution >= 4 is 12.1 Å². The number of hydrogen-bond donors (Lipinski definition) is 7. The van der Waals surface area contributed by atoms with E-state index in [0.717, 1.165) is 6.21 Å². The van der Waals surface area contributed by atoms with Crippen molar-refractivity contribution in [3.05, 3.63) is 11.4 Å². The fourth-order valence-corrected chi connectivity index (χ4v) is 1.50. The minimum atomic E-state index is -1.34. The molecule has 4 unspecified atom stereocenters. The lowest BCUT2D eigenvalue weighted by Gasteiger charge is -2.18. The van der Waals surface area contributed by atoms with Gasteiger partial charge in [0, 0.05) is 6.21 Å². The second-order valence-corrected chi connectivity index (χ2v) is 3.74. The molecule has 4 atom stereocenters. The van der Waals surface area contributed by atoms with Crippen molar-refractivity contribution in [2.24, 2.45) is 11.5 Å². The van der Waals surface area contributed by atoms with E-state index in [1.54, 1.807) is 0 Å². The lowest BCUT2D eigenvalue weighted by atomic mass is 10.1. The molecule has 1 saturated heterocycles. The summed E-state index contributed by atoms with van der Waals surface area (Å²) in [5.41, 5.74) is 9.74. The van der Waals surface area contributed by atoms with Crippen LogP contribution in [0.1, 0.15) is 0 Å². The number of ether oxygens (including phenoxy) is 1. The van der Waals surface area contributed by atoms with Gasteiger partial charge in [-0.25, -0.2) is 0 Å². The van der Waals surface area contributed by atoms with E-state index < -0.39 is 42.8 Å². The molecule has 0 aromatic carbocycles. The summed E-state index contributed by atoms with van der Waals surface area (Å²) in [7, 11) is 0. The Kier molecular flexibility index (Phi) is 4.62. The van der Waals surface area contributed by atoms with Crippen LogP contribution in [-0.4, -0.2) is 58.6 Å². The maximum atomic E-state index is 10.8. The van der Waals surface area contributed by atoms with Crippen molar-refractivity contribution in [3.63, 3.8) is 0 Å². The maximum Gasteiger partial charge on any atom is 0.266 e. The average Bonchev–Trinajstić information content (AvgIpc) is 2.62. The predicted molar refractivity (Wildman–Crippen MR) is 60.1 cm³/mol. The summed E-state index contributed by atoms with van der Waals surface area (Å²) in [6.45, 7) is -0.481. The Morgan fingerprint density at radius 3 is 2.39 bits per heavy atom. The summed E-state index contributed by atoms with van der Waals surface area (Å²) in [6.07, 6.45) is -3.95. The Bertz CT molecular complexity index is 372. The summed E-state index contributed by atoms with van der Waals surface area (Å²) in [4.78, 5) is 10.8. The van der Waals surface area contributed by atoms with Gasteiger partial charge in [0.25, 0.3) is 5.91 Å². The first kappa shape index (κ1) is 14.4. The Hall–Kier alpha value is -1.68. The van der Waals surface area contributed by atoms with E-state index >= 15 is 0 Å². The first-order chi connectivity index (χ1) is 8.42. The smallest absolute Gasteiger partial charge is 0.266 e. The van der Waals surface area contributed by atoms with Crippen LogP contribution >= 0.6 is 0 Å². The topological polar surface area (TPSA) is 175 Å². The number of aliphatic hydroxyl groups is 3. The lowest BCUT2D eigenvalue weighted by Crippen LogP contribution is -2.42. The molecule has 1 fully saturated rings. The predicted octanol–water partition coefficient (Wildman–Crippen LogP) is -3.68. The third-order valence-corrected chi connectivity index (χ3v) is 2.54. The van der Waals surface area contributed by atoms with Crippen LogP contribution < -0.4 is 16.8 Å². The maximum absolute atomic E-state index is 10.8. The molecule has 9 N–H and O–H groups in total. The number of hydrogen-bond acceptors (Lipinski definition) is 8. The molecule has 18 heavy (non-hydrogen) atoms. The minimum Gasteiger partial charge on any atom is -0.394 e. The zero-order chi connectivity index (χ0) is 13.9. The summed E-state index contributed by atoms with van der Waals surface area (Å²) in [5.74, 6) is -0.937. The molecule has 1 rings (SSSR count). The highest BCUT2D eigenvalue weighted by Gasteiger charge is 2.42. The number of nitrogens with one attached hydrogen (secondary N) is 2. The van der Waals surface area contributed by atoms with E-state index in [1.807, 2.05) is 0 Å². The molecule has 1 amide bonds. The van der Waals surface area contributed by atoms with Gasteiger partial charge in [-0.3, -0.25) is 4.79 Å². The van der Waals surface area contributed by atoms with Crippen LogP contribution in [0, 0.1) is 5.41 Å². The van der Waals surface area contributed by atoms with Gasteiger partial charge in [0.15, 0.2) is 6.23 Å². The molecule has 1 aliphatic heterocycles. The van der Waals surface area contributed by atoms with Crippen molar-refractivity contribution in [1.29, 1.82) is 5.41 Å². The molecule has 0 aromatic heterocycles. The monoisotopic (exact) mass is 260 g/mol.